The van der Waals surface area contributed by atoms with Crippen molar-refractivity contribution in [3.63, 3.8) is 0 Å². The largest absolute Gasteiger partial charge is 0.439 e. The molecule has 0 saturated heterocycles. The molecule has 3 nitrogen and oxygen atoms in total. The molecule has 2 heterocycles. The van der Waals surface area contributed by atoms with Gasteiger partial charge in [-0.3, -0.25) is 0 Å². The second-order valence-corrected chi connectivity index (χ2v) is 5.38. The van der Waals surface area contributed by atoms with Gasteiger partial charge in [0.05, 0.1) is 6.04 Å². The minimum Gasteiger partial charge on any atom is -0.439 e. The maximum atomic E-state index is 5.98. The average Bonchev–Trinajstić information content (AvgIpc) is 2.92. The molecule has 0 bridgehead atoms. The predicted octanol–water partition coefficient (Wildman–Crippen LogP) is 3.52. The molecule has 0 spiro atoms. The highest BCUT2D eigenvalue weighted by molar-refractivity contribution is 5.76. The standard InChI is InChI=1S/C17H16N2O/c1-11-5-4-8-14-16(11)20-17(19-14)15-9-12-6-2-3-7-13(12)10-18-15/h2-8,15,18H,9-10H2,1H3. The molecule has 3 heteroatoms. The normalized spacial score (nSPS) is 18.1. The molecule has 1 aromatic heterocycles. The summed E-state index contributed by atoms with van der Waals surface area (Å²) in [4.78, 5) is 4.64. The van der Waals surface area contributed by atoms with Crippen molar-refractivity contribution in [2.45, 2.75) is 25.9 Å². The van der Waals surface area contributed by atoms with Crippen molar-refractivity contribution in [3.05, 3.63) is 65.0 Å². The van der Waals surface area contributed by atoms with Crippen LogP contribution in [0.15, 0.2) is 46.9 Å². The highest BCUT2D eigenvalue weighted by Crippen LogP contribution is 2.28. The van der Waals surface area contributed by atoms with Gasteiger partial charge in [-0.25, -0.2) is 4.98 Å². The first kappa shape index (κ1) is 11.7. The van der Waals surface area contributed by atoms with Gasteiger partial charge in [-0.2, -0.15) is 0 Å². The number of hydrogen-bond donors (Lipinski definition) is 1. The van der Waals surface area contributed by atoms with Crippen molar-refractivity contribution in [1.82, 2.24) is 10.3 Å². The maximum Gasteiger partial charge on any atom is 0.213 e. The van der Waals surface area contributed by atoms with Gasteiger partial charge >= 0.3 is 0 Å². The third-order valence-corrected chi connectivity index (χ3v) is 4.01. The first-order valence-corrected chi connectivity index (χ1v) is 6.97. The third kappa shape index (κ3) is 1.82. The van der Waals surface area contributed by atoms with Crippen LogP contribution in [0.5, 0.6) is 0 Å². The third-order valence-electron chi connectivity index (χ3n) is 4.01. The van der Waals surface area contributed by atoms with Gasteiger partial charge in [-0.1, -0.05) is 36.4 Å². The Kier molecular flexibility index (Phi) is 2.60. The molecule has 0 fully saturated rings. The van der Waals surface area contributed by atoms with Crippen LogP contribution in [-0.2, 0) is 13.0 Å². The molecule has 1 unspecified atom stereocenters. The van der Waals surface area contributed by atoms with E-state index >= 15 is 0 Å². The number of fused-ring (bicyclic) bond motifs is 2. The highest BCUT2D eigenvalue weighted by Gasteiger charge is 2.23. The Morgan fingerprint density at radius 2 is 1.95 bits per heavy atom. The second-order valence-electron chi connectivity index (χ2n) is 5.38. The Bertz CT molecular complexity index is 776. The Labute approximate surface area is 117 Å². The summed E-state index contributed by atoms with van der Waals surface area (Å²) in [6.45, 7) is 2.93. The molecular formula is C17H16N2O. The summed E-state index contributed by atoms with van der Waals surface area (Å²) in [7, 11) is 0. The van der Waals surface area contributed by atoms with E-state index in [0.29, 0.717) is 0 Å². The lowest BCUT2D eigenvalue weighted by atomic mass is 9.96. The van der Waals surface area contributed by atoms with E-state index in [1.165, 1.54) is 11.1 Å². The van der Waals surface area contributed by atoms with Crippen LogP contribution in [0.25, 0.3) is 11.1 Å². The van der Waals surface area contributed by atoms with Gasteiger partial charge in [0.2, 0.25) is 5.89 Å². The molecule has 1 aliphatic rings. The molecule has 0 saturated carbocycles. The molecule has 0 radical (unpaired) electrons. The topological polar surface area (TPSA) is 38.1 Å². The van der Waals surface area contributed by atoms with E-state index in [1.807, 2.05) is 12.1 Å². The van der Waals surface area contributed by atoms with Gasteiger partial charge < -0.3 is 9.73 Å². The SMILES string of the molecule is Cc1cccc2nc(C3Cc4ccccc4CN3)oc12. The average molecular weight is 264 g/mol. The number of nitrogens with zero attached hydrogens (tertiary/aromatic N) is 1. The fourth-order valence-corrected chi connectivity index (χ4v) is 2.88. The zero-order valence-corrected chi connectivity index (χ0v) is 11.4. The summed E-state index contributed by atoms with van der Waals surface area (Å²) in [6.07, 6.45) is 0.933. The molecule has 2 aromatic carbocycles. The lowest BCUT2D eigenvalue weighted by molar-refractivity contribution is 0.395. The van der Waals surface area contributed by atoms with Crippen molar-refractivity contribution in [1.29, 1.82) is 0 Å². The number of aryl methyl sites for hydroxylation is 1. The van der Waals surface area contributed by atoms with Crippen LogP contribution in [0.1, 0.15) is 28.6 Å². The fraction of sp³-hybridized carbons (Fsp3) is 0.235. The highest BCUT2D eigenvalue weighted by atomic mass is 16.3. The predicted molar refractivity (Wildman–Crippen MR) is 78.5 cm³/mol. The van der Waals surface area contributed by atoms with E-state index in [1.54, 1.807) is 0 Å². The second kappa shape index (κ2) is 4.46. The minimum atomic E-state index is 0.164. The summed E-state index contributed by atoms with van der Waals surface area (Å²) >= 11 is 0. The quantitative estimate of drug-likeness (QED) is 0.730. The maximum absolute atomic E-state index is 5.98. The Morgan fingerprint density at radius 3 is 2.80 bits per heavy atom. The molecule has 20 heavy (non-hydrogen) atoms. The molecular weight excluding hydrogens is 248 g/mol. The van der Waals surface area contributed by atoms with E-state index in [4.69, 9.17) is 4.42 Å². The van der Waals surface area contributed by atoms with E-state index in [-0.39, 0.29) is 6.04 Å². The Hall–Kier alpha value is -2.13. The fourth-order valence-electron chi connectivity index (χ4n) is 2.88. The van der Waals surface area contributed by atoms with Gasteiger partial charge in [0.25, 0.3) is 0 Å². The molecule has 3 aromatic rings. The molecule has 1 atom stereocenters. The van der Waals surface area contributed by atoms with Crippen molar-refractivity contribution in [2.24, 2.45) is 0 Å². The molecule has 1 N–H and O–H groups in total. The zero-order valence-electron chi connectivity index (χ0n) is 11.4. The molecule has 1 aliphatic heterocycles. The number of para-hydroxylation sites is 1. The summed E-state index contributed by atoms with van der Waals surface area (Å²) < 4.78 is 5.98. The van der Waals surface area contributed by atoms with Gasteiger partial charge in [0.15, 0.2) is 5.58 Å². The Balaban J connectivity index is 1.72. The van der Waals surface area contributed by atoms with Crippen LogP contribution < -0.4 is 5.32 Å². The molecule has 0 aliphatic carbocycles. The summed E-state index contributed by atoms with van der Waals surface area (Å²) in [5, 5.41) is 3.52. The summed E-state index contributed by atoms with van der Waals surface area (Å²) in [6, 6.07) is 14.8. The van der Waals surface area contributed by atoms with Crippen LogP contribution in [-0.4, -0.2) is 4.98 Å². The van der Waals surface area contributed by atoms with Crippen LogP contribution in [0, 0.1) is 6.92 Å². The minimum absolute atomic E-state index is 0.164. The van der Waals surface area contributed by atoms with Gasteiger partial charge in [-0.15, -0.1) is 0 Å². The zero-order chi connectivity index (χ0) is 13.5. The van der Waals surface area contributed by atoms with E-state index < -0.39 is 0 Å². The van der Waals surface area contributed by atoms with Crippen LogP contribution in [0.4, 0.5) is 0 Å². The van der Waals surface area contributed by atoms with E-state index in [2.05, 4.69) is 47.6 Å². The van der Waals surface area contributed by atoms with Crippen LogP contribution in [0.3, 0.4) is 0 Å². The van der Waals surface area contributed by atoms with Gasteiger partial charge in [0, 0.05) is 6.54 Å². The molecule has 0 amide bonds. The summed E-state index contributed by atoms with van der Waals surface area (Å²) in [5.74, 6) is 0.795. The Morgan fingerprint density at radius 1 is 1.10 bits per heavy atom. The van der Waals surface area contributed by atoms with Crippen molar-refractivity contribution in [3.8, 4) is 0 Å². The van der Waals surface area contributed by atoms with Crippen molar-refractivity contribution in [2.75, 3.05) is 0 Å². The first-order valence-electron chi connectivity index (χ1n) is 6.97. The number of rotatable bonds is 1. The van der Waals surface area contributed by atoms with E-state index in [9.17, 15) is 0 Å². The smallest absolute Gasteiger partial charge is 0.213 e. The van der Waals surface area contributed by atoms with Crippen LogP contribution >= 0.6 is 0 Å². The summed E-state index contributed by atoms with van der Waals surface area (Å²) in [5.41, 5.74) is 5.74. The number of hydrogen-bond acceptors (Lipinski definition) is 3. The van der Waals surface area contributed by atoms with Crippen molar-refractivity contribution < 1.29 is 4.42 Å². The number of nitrogens with one attached hydrogen (secondary N) is 1. The van der Waals surface area contributed by atoms with Gasteiger partial charge in [-0.05, 0) is 36.1 Å². The monoisotopic (exact) mass is 264 g/mol. The number of oxazole rings is 1. The van der Waals surface area contributed by atoms with Gasteiger partial charge in [0.1, 0.15) is 5.52 Å². The lowest BCUT2D eigenvalue weighted by Crippen LogP contribution is -2.28. The number of aromatic nitrogens is 1. The molecule has 4 rings (SSSR count). The van der Waals surface area contributed by atoms with Crippen molar-refractivity contribution >= 4 is 11.1 Å². The molecule has 100 valence electrons. The van der Waals surface area contributed by atoms with Crippen LogP contribution in [0.2, 0.25) is 0 Å². The van der Waals surface area contributed by atoms with E-state index in [0.717, 1.165) is 35.5 Å². The lowest BCUT2D eigenvalue weighted by Gasteiger charge is -2.23. The number of benzene rings is 2. The first-order chi connectivity index (χ1) is 9.81.